The number of ether oxygens (including phenoxy) is 1. The molecule has 0 saturated carbocycles. The third-order valence-corrected chi connectivity index (χ3v) is 5.58. The molecule has 33 heavy (non-hydrogen) atoms. The van der Waals surface area contributed by atoms with Crippen LogP contribution in [-0.2, 0) is 14.3 Å². The predicted octanol–water partition coefficient (Wildman–Crippen LogP) is 2.89. The maximum Gasteiger partial charge on any atom is 0.407 e. The number of aliphatic hydroxyl groups is 1. The minimum absolute atomic E-state index is 0.0910. The zero-order valence-corrected chi connectivity index (χ0v) is 18.8. The topological polar surface area (TPSA) is 125 Å². The van der Waals surface area contributed by atoms with E-state index in [2.05, 4.69) is 22.8 Å². The molecule has 3 rings (SSSR count). The summed E-state index contributed by atoms with van der Waals surface area (Å²) < 4.78 is 5.52. The van der Waals surface area contributed by atoms with Gasteiger partial charge in [-0.05, 0) is 34.6 Å². The van der Waals surface area contributed by atoms with Gasteiger partial charge in [0.1, 0.15) is 12.6 Å². The number of carboxylic acid groups (broad SMARTS) is 1. The predicted molar refractivity (Wildman–Crippen MR) is 123 cm³/mol. The number of carbonyl (C=O) groups is 3. The van der Waals surface area contributed by atoms with Gasteiger partial charge in [0.05, 0.1) is 12.5 Å². The van der Waals surface area contributed by atoms with Gasteiger partial charge >= 0.3 is 12.1 Å². The number of alkyl carbamates (subject to hydrolysis) is 1. The summed E-state index contributed by atoms with van der Waals surface area (Å²) in [7, 11) is 0. The standard InChI is InChI=1S/C25H30N2O6/c1-15(2)11-22(24(31)26-13-16(28)12-23(29)30)27-25(32)33-14-21-19-9-5-3-7-17(19)18-8-4-6-10-20(18)21/h3-10,15-16,21-22,28H,11-14H2,1-2H3,(H,26,31)(H,27,32)(H,29,30)/t16?,22-/m0/s1. The molecule has 2 aromatic carbocycles. The first kappa shape index (κ1) is 24.3. The minimum atomic E-state index is -1.21. The van der Waals surface area contributed by atoms with E-state index in [1.54, 1.807) is 0 Å². The Labute approximate surface area is 193 Å². The van der Waals surface area contributed by atoms with Gasteiger partial charge in [0.25, 0.3) is 0 Å². The third-order valence-electron chi connectivity index (χ3n) is 5.58. The molecule has 1 aliphatic carbocycles. The number of rotatable bonds is 10. The van der Waals surface area contributed by atoms with Crippen molar-refractivity contribution in [2.24, 2.45) is 5.92 Å². The molecule has 0 bridgehead atoms. The molecule has 0 heterocycles. The van der Waals surface area contributed by atoms with Crippen LogP contribution in [0.5, 0.6) is 0 Å². The van der Waals surface area contributed by atoms with Gasteiger partial charge in [-0.2, -0.15) is 0 Å². The summed E-state index contributed by atoms with van der Waals surface area (Å²) in [5.41, 5.74) is 4.43. The van der Waals surface area contributed by atoms with E-state index in [4.69, 9.17) is 9.84 Å². The van der Waals surface area contributed by atoms with Gasteiger partial charge in [-0.1, -0.05) is 62.4 Å². The molecule has 2 amide bonds. The van der Waals surface area contributed by atoms with E-state index in [0.717, 1.165) is 22.3 Å². The van der Waals surface area contributed by atoms with E-state index in [-0.39, 0.29) is 25.0 Å². The number of benzene rings is 2. The molecule has 2 atom stereocenters. The Hall–Kier alpha value is -3.39. The Morgan fingerprint density at radius 3 is 2.12 bits per heavy atom. The Morgan fingerprint density at radius 1 is 1.00 bits per heavy atom. The van der Waals surface area contributed by atoms with Crippen LogP contribution in [-0.4, -0.2) is 53.5 Å². The van der Waals surface area contributed by atoms with Crippen LogP contribution in [0.25, 0.3) is 11.1 Å². The Balaban J connectivity index is 1.60. The van der Waals surface area contributed by atoms with Crippen molar-refractivity contribution in [3.63, 3.8) is 0 Å². The number of fused-ring (bicyclic) bond motifs is 3. The lowest BCUT2D eigenvalue weighted by atomic mass is 9.98. The lowest BCUT2D eigenvalue weighted by Gasteiger charge is -2.21. The van der Waals surface area contributed by atoms with Crippen LogP contribution < -0.4 is 10.6 Å². The molecule has 0 spiro atoms. The van der Waals surface area contributed by atoms with Crippen molar-refractivity contribution in [2.75, 3.05) is 13.2 Å². The number of nitrogens with one attached hydrogen (secondary N) is 2. The highest BCUT2D eigenvalue weighted by Gasteiger charge is 2.30. The van der Waals surface area contributed by atoms with Gasteiger partial charge in [0.15, 0.2) is 0 Å². The van der Waals surface area contributed by atoms with Gasteiger partial charge in [-0.15, -0.1) is 0 Å². The summed E-state index contributed by atoms with van der Waals surface area (Å²) in [6, 6.07) is 15.2. The van der Waals surface area contributed by atoms with Gasteiger partial charge in [-0.3, -0.25) is 9.59 Å². The summed E-state index contributed by atoms with van der Waals surface area (Å²) in [6.45, 7) is 3.75. The Kier molecular flexibility index (Phi) is 8.06. The number of aliphatic carboxylic acids is 1. The van der Waals surface area contributed by atoms with Crippen LogP contribution in [0.1, 0.15) is 43.7 Å². The highest BCUT2D eigenvalue weighted by atomic mass is 16.5. The summed E-state index contributed by atoms with van der Waals surface area (Å²) in [6.07, 6.45) is -2.02. The van der Waals surface area contributed by atoms with Crippen LogP contribution in [0.2, 0.25) is 0 Å². The van der Waals surface area contributed by atoms with Crippen molar-refractivity contribution in [3.8, 4) is 11.1 Å². The zero-order chi connectivity index (χ0) is 24.0. The molecule has 8 nitrogen and oxygen atoms in total. The SMILES string of the molecule is CC(C)C[C@H](NC(=O)OCC1c2ccccc2-c2ccccc21)C(=O)NCC(O)CC(=O)O. The molecule has 8 heteroatoms. The number of hydrogen-bond acceptors (Lipinski definition) is 5. The fourth-order valence-corrected chi connectivity index (χ4v) is 4.10. The van der Waals surface area contributed by atoms with Crippen LogP contribution in [0.3, 0.4) is 0 Å². The monoisotopic (exact) mass is 454 g/mol. The second-order valence-corrected chi connectivity index (χ2v) is 8.65. The van der Waals surface area contributed by atoms with E-state index >= 15 is 0 Å². The second kappa shape index (κ2) is 11.0. The van der Waals surface area contributed by atoms with Gasteiger partial charge in [0, 0.05) is 12.5 Å². The molecule has 0 fully saturated rings. The lowest BCUT2D eigenvalue weighted by molar-refractivity contribution is -0.139. The average Bonchev–Trinajstić information content (AvgIpc) is 3.08. The van der Waals surface area contributed by atoms with Crippen molar-refractivity contribution in [3.05, 3.63) is 59.7 Å². The van der Waals surface area contributed by atoms with Gasteiger partial charge < -0.3 is 25.6 Å². The number of amides is 2. The fourth-order valence-electron chi connectivity index (χ4n) is 4.10. The van der Waals surface area contributed by atoms with Gasteiger partial charge in [-0.25, -0.2) is 4.79 Å². The van der Waals surface area contributed by atoms with Crippen molar-refractivity contribution < 1.29 is 29.3 Å². The van der Waals surface area contributed by atoms with E-state index in [0.29, 0.717) is 6.42 Å². The summed E-state index contributed by atoms with van der Waals surface area (Å²) in [5.74, 6) is -1.64. The first-order valence-corrected chi connectivity index (χ1v) is 11.0. The van der Waals surface area contributed by atoms with Crippen LogP contribution in [0.15, 0.2) is 48.5 Å². The average molecular weight is 455 g/mol. The molecular formula is C25H30N2O6. The lowest BCUT2D eigenvalue weighted by Crippen LogP contribution is -2.49. The van der Waals surface area contributed by atoms with Gasteiger partial charge in [0.2, 0.25) is 5.91 Å². The summed E-state index contributed by atoms with van der Waals surface area (Å²) >= 11 is 0. The quantitative estimate of drug-likeness (QED) is 0.438. The first-order valence-electron chi connectivity index (χ1n) is 11.0. The number of carbonyl (C=O) groups excluding carboxylic acids is 2. The number of carboxylic acids is 1. The smallest absolute Gasteiger partial charge is 0.407 e. The fraction of sp³-hybridized carbons (Fsp3) is 0.400. The molecule has 2 aromatic rings. The molecule has 0 radical (unpaired) electrons. The largest absolute Gasteiger partial charge is 0.481 e. The molecule has 0 aliphatic heterocycles. The minimum Gasteiger partial charge on any atom is -0.481 e. The van der Waals surface area contributed by atoms with E-state index in [1.165, 1.54) is 0 Å². The van der Waals surface area contributed by atoms with E-state index in [1.807, 2.05) is 50.2 Å². The van der Waals surface area contributed by atoms with Crippen LogP contribution in [0.4, 0.5) is 4.79 Å². The van der Waals surface area contributed by atoms with Crippen molar-refractivity contribution >= 4 is 18.0 Å². The first-order chi connectivity index (χ1) is 15.8. The van der Waals surface area contributed by atoms with Crippen molar-refractivity contribution in [1.29, 1.82) is 0 Å². The third kappa shape index (κ3) is 6.32. The highest BCUT2D eigenvalue weighted by molar-refractivity contribution is 5.86. The number of aliphatic hydroxyl groups excluding tert-OH is 1. The van der Waals surface area contributed by atoms with Crippen molar-refractivity contribution in [1.82, 2.24) is 10.6 Å². The normalized spacial score (nSPS) is 14.2. The molecule has 1 unspecified atom stereocenters. The molecule has 176 valence electrons. The number of hydrogen-bond donors (Lipinski definition) is 4. The Bertz CT molecular complexity index is 960. The molecule has 0 aromatic heterocycles. The summed E-state index contributed by atoms with van der Waals surface area (Å²) in [4.78, 5) is 35.8. The van der Waals surface area contributed by atoms with Crippen LogP contribution in [0, 0.1) is 5.92 Å². The van der Waals surface area contributed by atoms with E-state index < -0.39 is 36.5 Å². The molecule has 1 aliphatic rings. The maximum atomic E-state index is 12.6. The van der Waals surface area contributed by atoms with E-state index in [9.17, 15) is 19.5 Å². The molecule has 4 N–H and O–H groups in total. The molecule has 0 saturated heterocycles. The van der Waals surface area contributed by atoms with Crippen LogP contribution >= 0.6 is 0 Å². The second-order valence-electron chi connectivity index (χ2n) is 8.65. The maximum absolute atomic E-state index is 12.6. The zero-order valence-electron chi connectivity index (χ0n) is 18.8. The highest BCUT2D eigenvalue weighted by Crippen LogP contribution is 2.44. The summed E-state index contributed by atoms with van der Waals surface area (Å²) in [5, 5.41) is 23.5. The Morgan fingerprint density at radius 2 is 1.58 bits per heavy atom. The molecular weight excluding hydrogens is 424 g/mol. The van der Waals surface area contributed by atoms with Crippen molar-refractivity contribution in [2.45, 2.75) is 44.8 Å².